The first-order valence-corrected chi connectivity index (χ1v) is 7.40. The lowest BCUT2D eigenvalue weighted by Gasteiger charge is -2.16. The van der Waals surface area contributed by atoms with Crippen molar-refractivity contribution < 1.29 is 4.74 Å². The van der Waals surface area contributed by atoms with Gasteiger partial charge in [0.2, 0.25) is 0 Å². The van der Waals surface area contributed by atoms with Crippen LogP contribution in [0.5, 0.6) is 5.75 Å². The van der Waals surface area contributed by atoms with E-state index < -0.39 is 0 Å². The third-order valence-corrected chi connectivity index (χ3v) is 4.31. The Morgan fingerprint density at radius 1 is 1.18 bits per heavy atom. The van der Waals surface area contributed by atoms with Crippen LogP contribution in [0.1, 0.15) is 16.7 Å². The molecule has 0 fully saturated rings. The van der Waals surface area contributed by atoms with Gasteiger partial charge in [0, 0.05) is 22.7 Å². The van der Waals surface area contributed by atoms with Crippen molar-refractivity contribution in [1.29, 1.82) is 0 Å². The average molecular weight is 316 g/mol. The number of nitrogens with zero attached hydrogens (tertiary/aromatic N) is 2. The maximum Gasteiger partial charge on any atom is 0.146 e. The molecule has 4 nitrogen and oxygen atoms in total. The minimum atomic E-state index is 0.604. The molecule has 5 heteroatoms. The first-order valence-electron chi connectivity index (χ1n) is 7.02. The van der Waals surface area contributed by atoms with Crippen LogP contribution in [0.4, 0.5) is 5.82 Å². The first kappa shape index (κ1) is 14.7. The molecule has 0 atom stereocenters. The maximum absolute atomic E-state index is 6.37. The van der Waals surface area contributed by atoms with Crippen molar-refractivity contribution in [3.8, 4) is 11.4 Å². The Labute approximate surface area is 134 Å². The highest BCUT2D eigenvalue weighted by Gasteiger charge is 2.19. The van der Waals surface area contributed by atoms with Crippen molar-refractivity contribution in [2.75, 3.05) is 12.8 Å². The highest BCUT2D eigenvalue weighted by atomic mass is 35.5. The van der Waals surface area contributed by atoms with Crippen LogP contribution < -0.4 is 10.5 Å². The van der Waals surface area contributed by atoms with E-state index in [1.807, 2.05) is 36.6 Å². The molecule has 0 amide bonds. The number of hydrogen-bond donors (Lipinski definition) is 1. The van der Waals surface area contributed by atoms with Gasteiger partial charge in [0.1, 0.15) is 17.2 Å². The van der Waals surface area contributed by atoms with Crippen molar-refractivity contribution in [2.24, 2.45) is 0 Å². The summed E-state index contributed by atoms with van der Waals surface area (Å²) in [7, 11) is 1.67. The van der Waals surface area contributed by atoms with E-state index in [0.29, 0.717) is 10.8 Å². The lowest BCUT2D eigenvalue weighted by Crippen LogP contribution is -2.06. The fourth-order valence-electron chi connectivity index (χ4n) is 2.91. The minimum absolute atomic E-state index is 0.604. The van der Waals surface area contributed by atoms with Crippen molar-refractivity contribution in [1.82, 2.24) is 9.55 Å². The van der Waals surface area contributed by atoms with Crippen LogP contribution in [0.2, 0.25) is 5.02 Å². The summed E-state index contributed by atoms with van der Waals surface area (Å²) in [4.78, 5) is 4.49. The summed E-state index contributed by atoms with van der Waals surface area (Å²) in [6.07, 6.45) is 1.64. The molecule has 0 saturated heterocycles. The molecule has 0 aliphatic rings. The van der Waals surface area contributed by atoms with E-state index >= 15 is 0 Å². The van der Waals surface area contributed by atoms with Crippen LogP contribution in [0.3, 0.4) is 0 Å². The van der Waals surface area contributed by atoms with E-state index in [4.69, 9.17) is 22.1 Å². The Balaban J connectivity index is 2.44. The molecule has 0 spiro atoms. The molecule has 2 N–H and O–H groups in total. The molecular weight excluding hydrogens is 298 g/mol. The summed E-state index contributed by atoms with van der Waals surface area (Å²) in [6, 6.07) is 5.89. The molecule has 2 aromatic heterocycles. The number of aryl methyl sites for hydroxylation is 2. The van der Waals surface area contributed by atoms with Crippen LogP contribution >= 0.6 is 11.6 Å². The monoisotopic (exact) mass is 315 g/mol. The number of fused-ring (bicyclic) bond motifs is 1. The van der Waals surface area contributed by atoms with Gasteiger partial charge in [0.25, 0.3) is 0 Å². The number of hydrogen-bond acceptors (Lipinski definition) is 3. The first-order chi connectivity index (χ1) is 10.5. The second kappa shape index (κ2) is 5.21. The molecule has 0 unspecified atom stereocenters. The fraction of sp³-hybridized carbons (Fsp3) is 0.235. The summed E-state index contributed by atoms with van der Waals surface area (Å²) < 4.78 is 7.42. The van der Waals surface area contributed by atoms with Crippen molar-refractivity contribution >= 4 is 28.5 Å². The Morgan fingerprint density at radius 3 is 2.59 bits per heavy atom. The van der Waals surface area contributed by atoms with Crippen LogP contribution in [0.15, 0.2) is 24.4 Å². The van der Waals surface area contributed by atoms with Crippen molar-refractivity contribution in [3.63, 3.8) is 0 Å². The summed E-state index contributed by atoms with van der Waals surface area (Å²) in [6.45, 7) is 6.06. The molecule has 3 rings (SSSR count). The van der Waals surface area contributed by atoms with Gasteiger partial charge in [-0.3, -0.25) is 4.57 Å². The zero-order chi connectivity index (χ0) is 16.0. The Bertz CT molecular complexity index is 883. The lowest BCUT2D eigenvalue weighted by atomic mass is 10.1. The second-order valence-electron chi connectivity index (χ2n) is 5.43. The molecule has 0 aliphatic carbocycles. The topological polar surface area (TPSA) is 53.1 Å². The zero-order valence-electron chi connectivity index (χ0n) is 13.1. The molecule has 0 radical (unpaired) electrons. The molecule has 3 aromatic rings. The molecule has 22 heavy (non-hydrogen) atoms. The Morgan fingerprint density at radius 2 is 1.91 bits per heavy atom. The minimum Gasteiger partial charge on any atom is -0.496 e. The van der Waals surface area contributed by atoms with Crippen LogP contribution in [0, 0.1) is 20.8 Å². The van der Waals surface area contributed by atoms with Gasteiger partial charge in [-0.1, -0.05) is 17.7 Å². The smallest absolute Gasteiger partial charge is 0.146 e. The van der Waals surface area contributed by atoms with Gasteiger partial charge >= 0.3 is 0 Å². The van der Waals surface area contributed by atoms with E-state index in [1.165, 1.54) is 0 Å². The van der Waals surface area contributed by atoms with E-state index in [-0.39, 0.29) is 0 Å². The number of anilines is 1. The highest BCUT2D eigenvalue weighted by molar-refractivity contribution is 6.31. The van der Waals surface area contributed by atoms with E-state index in [2.05, 4.69) is 11.9 Å². The van der Waals surface area contributed by atoms with Gasteiger partial charge in [-0.15, -0.1) is 0 Å². The highest BCUT2D eigenvalue weighted by Crippen LogP contribution is 2.36. The molecule has 0 saturated carbocycles. The van der Waals surface area contributed by atoms with Crippen molar-refractivity contribution in [3.05, 3.63) is 46.1 Å². The quantitative estimate of drug-likeness (QED) is 0.771. The second-order valence-corrected chi connectivity index (χ2v) is 5.87. The summed E-state index contributed by atoms with van der Waals surface area (Å²) >= 11 is 6.08. The number of nitrogens with two attached hydrogens (primary N) is 1. The molecule has 0 aliphatic heterocycles. The number of benzene rings is 1. The maximum atomic E-state index is 6.37. The predicted octanol–water partition coefficient (Wildman–Crippen LogP) is 4.19. The third-order valence-electron chi connectivity index (χ3n) is 4.10. The molecule has 1 aromatic carbocycles. The number of ether oxygens (including phenoxy) is 1. The third kappa shape index (κ3) is 2.03. The van der Waals surface area contributed by atoms with E-state index in [1.54, 1.807) is 13.3 Å². The molecule has 114 valence electrons. The lowest BCUT2D eigenvalue weighted by molar-refractivity contribution is 0.411. The van der Waals surface area contributed by atoms with E-state index in [9.17, 15) is 0 Å². The van der Waals surface area contributed by atoms with E-state index in [0.717, 1.165) is 39.2 Å². The number of aromatic nitrogens is 2. The predicted molar refractivity (Wildman–Crippen MR) is 91.3 cm³/mol. The number of nitrogen functional groups attached to an aromatic ring is 1. The van der Waals surface area contributed by atoms with Crippen molar-refractivity contribution in [2.45, 2.75) is 20.8 Å². The van der Waals surface area contributed by atoms with Gasteiger partial charge in [-0.05, 0) is 38.5 Å². The van der Waals surface area contributed by atoms with Crippen LogP contribution in [0.25, 0.3) is 16.7 Å². The SMILES string of the molecule is COc1ccc(C)c(-n2c(N)c(C)c3cc(Cl)cnc32)c1C. The van der Waals surface area contributed by atoms with Gasteiger partial charge in [-0.2, -0.15) is 0 Å². The van der Waals surface area contributed by atoms with Gasteiger partial charge in [0.05, 0.1) is 17.8 Å². The number of pyridine rings is 1. The number of methoxy groups -OCH3 is 1. The van der Waals surface area contributed by atoms with Gasteiger partial charge in [-0.25, -0.2) is 4.98 Å². The fourth-order valence-corrected chi connectivity index (χ4v) is 3.07. The number of halogens is 1. The molecule has 2 heterocycles. The molecular formula is C17H18ClN3O. The van der Waals surface area contributed by atoms with Gasteiger partial charge in [0.15, 0.2) is 0 Å². The summed E-state index contributed by atoms with van der Waals surface area (Å²) in [5, 5.41) is 1.57. The van der Waals surface area contributed by atoms with Crippen LogP contribution in [-0.4, -0.2) is 16.7 Å². The normalized spacial score (nSPS) is 11.1. The molecule has 0 bridgehead atoms. The zero-order valence-corrected chi connectivity index (χ0v) is 13.8. The summed E-state index contributed by atoms with van der Waals surface area (Å²) in [5.41, 5.74) is 11.3. The van der Waals surface area contributed by atoms with Crippen LogP contribution in [-0.2, 0) is 0 Å². The summed E-state index contributed by atoms with van der Waals surface area (Å²) in [5.74, 6) is 1.50. The largest absolute Gasteiger partial charge is 0.496 e. The Hall–Kier alpha value is -2.20. The number of rotatable bonds is 2. The standard InChI is InChI=1S/C17H18ClN3O/c1-9-5-6-14(22-4)11(3)15(9)21-16(19)10(2)13-7-12(18)8-20-17(13)21/h5-8H,19H2,1-4H3. The Kier molecular flexibility index (Phi) is 3.49. The average Bonchev–Trinajstić information content (AvgIpc) is 2.73. The van der Waals surface area contributed by atoms with Gasteiger partial charge < -0.3 is 10.5 Å².